The van der Waals surface area contributed by atoms with E-state index in [2.05, 4.69) is 61.0 Å². The van der Waals surface area contributed by atoms with Crippen molar-refractivity contribution in [3.8, 4) is 0 Å². The Kier molecular flexibility index (Phi) is 2.53. The summed E-state index contributed by atoms with van der Waals surface area (Å²) in [7, 11) is 0. The molecule has 1 aromatic heterocycles. The molecule has 0 N–H and O–H groups in total. The molecule has 0 radical (unpaired) electrons. The smallest absolute Gasteiger partial charge is 0.136 e. The number of hydrogen-bond donors (Lipinski definition) is 0. The van der Waals surface area contributed by atoms with Gasteiger partial charge in [0.2, 0.25) is 0 Å². The van der Waals surface area contributed by atoms with Gasteiger partial charge in [-0.05, 0) is 35.2 Å². The average Bonchev–Trinajstić information content (AvgIpc) is 2.66. The molecular formula is C16H15BrO. The highest BCUT2D eigenvalue weighted by molar-refractivity contribution is 9.10. The Labute approximate surface area is 115 Å². The van der Waals surface area contributed by atoms with Gasteiger partial charge in [-0.25, -0.2) is 0 Å². The molecule has 18 heavy (non-hydrogen) atoms. The van der Waals surface area contributed by atoms with Crippen LogP contribution in [-0.2, 0) is 5.41 Å². The number of hydrogen-bond acceptors (Lipinski definition) is 1. The first-order valence-corrected chi connectivity index (χ1v) is 6.87. The topological polar surface area (TPSA) is 13.1 Å². The second kappa shape index (κ2) is 3.86. The number of benzene rings is 2. The van der Waals surface area contributed by atoms with E-state index in [1.54, 1.807) is 0 Å². The van der Waals surface area contributed by atoms with Crippen LogP contribution < -0.4 is 0 Å². The van der Waals surface area contributed by atoms with Gasteiger partial charge < -0.3 is 4.42 Å². The van der Waals surface area contributed by atoms with E-state index in [-0.39, 0.29) is 5.41 Å². The van der Waals surface area contributed by atoms with Gasteiger partial charge in [-0.1, -0.05) is 48.8 Å². The Morgan fingerprint density at radius 2 is 1.78 bits per heavy atom. The lowest BCUT2D eigenvalue weighted by molar-refractivity contribution is 0.590. The van der Waals surface area contributed by atoms with E-state index >= 15 is 0 Å². The van der Waals surface area contributed by atoms with E-state index in [0.717, 1.165) is 15.6 Å². The molecule has 0 aliphatic heterocycles. The molecule has 2 aromatic carbocycles. The van der Waals surface area contributed by atoms with Crippen LogP contribution in [0.3, 0.4) is 0 Å². The van der Waals surface area contributed by atoms with Crippen molar-refractivity contribution in [2.24, 2.45) is 0 Å². The van der Waals surface area contributed by atoms with Crippen LogP contribution in [-0.4, -0.2) is 0 Å². The molecular weight excluding hydrogens is 288 g/mol. The summed E-state index contributed by atoms with van der Waals surface area (Å²) < 4.78 is 6.96. The van der Waals surface area contributed by atoms with Crippen LogP contribution >= 0.6 is 15.9 Å². The Balaban J connectivity index is 2.42. The van der Waals surface area contributed by atoms with Crippen LogP contribution in [0.5, 0.6) is 0 Å². The Morgan fingerprint density at radius 1 is 1.00 bits per heavy atom. The molecule has 1 nitrogen and oxygen atoms in total. The number of furan rings is 1. The highest BCUT2D eigenvalue weighted by Crippen LogP contribution is 2.36. The lowest BCUT2D eigenvalue weighted by atomic mass is 9.86. The van der Waals surface area contributed by atoms with Gasteiger partial charge in [0.1, 0.15) is 11.2 Å². The van der Waals surface area contributed by atoms with Crippen LogP contribution in [0.1, 0.15) is 26.3 Å². The van der Waals surface area contributed by atoms with Crippen molar-refractivity contribution in [2.75, 3.05) is 0 Å². The summed E-state index contributed by atoms with van der Waals surface area (Å²) in [6.45, 7) is 6.68. The van der Waals surface area contributed by atoms with Crippen molar-refractivity contribution >= 4 is 37.9 Å². The largest absolute Gasteiger partial charge is 0.456 e. The molecule has 2 heteroatoms. The number of rotatable bonds is 0. The minimum Gasteiger partial charge on any atom is -0.456 e. The van der Waals surface area contributed by atoms with E-state index in [0.29, 0.717) is 0 Å². The summed E-state index contributed by atoms with van der Waals surface area (Å²) >= 11 is 3.61. The maximum atomic E-state index is 5.87. The average molecular weight is 303 g/mol. The van der Waals surface area contributed by atoms with E-state index in [4.69, 9.17) is 4.42 Å². The third kappa shape index (κ3) is 1.76. The molecule has 92 valence electrons. The zero-order valence-electron chi connectivity index (χ0n) is 10.8. The zero-order chi connectivity index (χ0) is 12.9. The molecule has 0 aliphatic rings. The van der Waals surface area contributed by atoms with E-state index in [9.17, 15) is 0 Å². The number of halogens is 1. The summed E-state index contributed by atoms with van der Waals surface area (Å²) in [5, 5.41) is 2.35. The molecule has 0 saturated heterocycles. The third-order valence-corrected chi connectivity index (χ3v) is 3.97. The van der Waals surface area contributed by atoms with Crippen molar-refractivity contribution in [1.82, 2.24) is 0 Å². The SMILES string of the molecule is CC(C)(C)c1ccc2oc3cccc(Br)c3c2c1. The fourth-order valence-corrected chi connectivity index (χ4v) is 2.81. The maximum Gasteiger partial charge on any atom is 0.136 e. The summed E-state index contributed by atoms with van der Waals surface area (Å²) in [5.41, 5.74) is 3.36. The molecule has 0 aliphatic carbocycles. The first kappa shape index (κ1) is 11.8. The summed E-state index contributed by atoms with van der Waals surface area (Å²) in [6, 6.07) is 12.5. The fraction of sp³-hybridized carbons (Fsp3) is 0.250. The van der Waals surface area contributed by atoms with Gasteiger partial charge in [0, 0.05) is 15.2 Å². The van der Waals surface area contributed by atoms with Crippen molar-refractivity contribution in [3.63, 3.8) is 0 Å². The van der Waals surface area contributed by atoms with Crippen LogP contribution in [0.4, 0.5) is 0 Å². The maximum absolute atomic E-state index is 5.87. The molecule has 3 rings (SSSR count). The van der Waals surface area contributed by atoms with Gasteiger partial charge in [0.05, 0.1) is 0 Å². The second-order valence-corrected chi connectivity index (χ2v) is 6.53. The van der Waals surface area contributed by atoms with Gasteiger partial charge in [-0.3, -0.25) is 0 Å². The second-order valence-electron chi connectivity index (χ2n) is 5.68. The van der Waals surface area contributed by atoms with Crippen LogP contribution in [0.15, 0.2) is 45.3 Å². The molecule has 0 unspecified atom stereocenters. The van der Waals surface area contributed by atoms with Gasteiger partial charge in [0.15, 0.2) is 0 Å². The predicted molar refractivity (Wildman–Crippen MR) is 80.1 cm³/mol. The number of fused-ring (bicyclic) bond motifs is 3. The molecule has 0 amide bonds. The standard InChI is InChI=1S/C16H15BrO/c1-16(2,3)10-7-8-13-11(9-10)15-12(17)5-4-6-14(15)18-13/h4-9H,1-3H3. The van der Waals surface area contributed by atoms with Gasteiger partial charge in [0.25, 0.3) is 0 Å². The molecule has 0 atom stereocenters. The van der Waals surface area contributed by atoms with Crippen molar-refractivity contribution in [2.45, 2.75) is 26.2 Å². The third-order valence-electron chi connectivity index (χ3n) is 3.31. The molecule has 1 heterocycles. The van der Waals surface area contributed by atoms with Crippen LogP contribution in [0.25, 0.3) is 21.9 Å². The first-order valence-electron chi connectivity index (χ1n) is 6.08. The summed E-state index contributed by atoms with van der Waals surface area (Å²) in [6.07, 6.45) is 0. The van der Waals surface area contributed by atoms with Crippen LogP contribution in [0.2, 0.25) is 0 Å². The highest BCUT2D eigenvalue weighted by atomic mass is 79.9. The molecule has 0 bridgehead atoms. The predicted octanol–water partition coefficient (Wildman–Crippen LogP) is 5.65. The lowest BCUT2D eigenvalue weighted by Gasteiger charge is -2.18. The van der Waals surface area contributed by atoms with Gasteiger partial charge in [-0.2, -0.15) is 0 Å². The monoisotopic (exact) mass is 302 g/mol. The van der Waals surface area contributed by atoms with Crippen molar-refractivity contribution in [3.05, 3.63) is 46.4 Å². The van der Waals surface area contributed by atoms with Crippen LogP contribution in [0, 0.1) is 0 Å². The Hall–Kier alpha value is -1.28. The normalized spacial score (nSPS) is 12.4. The minimum absolute atomic E-state index is 0.152. The molecule has 0 fully saturated rings. The van der Waals surface area contributed by atoms with Crippen molar-refractivity contribution in [1.29, 1.82) is 0 Å². The highest BCUT2D eigenvalue weighted by Gasteiger charge is 2.16. The van der Waals surface area contributed by atoms with Crippen molar-refractivity contribution < 1.29 is 4.42 Å². The zero-order valence-corrected chi connectivity index (χ0v) is 12.3. The fourth-order valence-electron chi connectivity index (χ4n) is 2.25. The molecule has 0 spiro atoms. The van der Waals surface area contributed by atoms with E-state index in [1.807, 2.05) is 12.1 Å². The minimum atomic E-state index is 0.152. The Bertz CT molecular complexity index is 732. The van der Waals surface area contributed by atoms with E-state index in [1.165, 1.54) is 16.3 Å². The van der Waals surface area contributed by atoms with E-state index < -0.39 is 0 Å². The first-order chi connectivity index (χ1) is 8.47. The molecule has 3 aromatic rings. The molecule has 0 saturated carbocycles. The van der Waals surface area contributed by atoms with Gasteiger partial charge in [-0.15, -0.1) is 0 Å². The Morgan fingerprint density at radius 3 is 2.50 bits per heavy atom. The quantitative estimate of drug-likeness (QED) is 0.523. The summed E-state index contributed by atoms with van der Waals surface area (Å²) in [5.74, 6) is 0. The summed E-state index contributed by atoms with van der Waals surface area (Å²) in [4.78, 5) is 0. The van der Waals surface area contributed by atoms with Gasteiger partial charge >= 0.3 is 0 Å². The lowest BCUT2D eigenvalue weighted by Crippen LogP contribution is -2.10.